The van der Waals surface area contributed by atoms with E-state index in [1.165, 1.54) is 0 Å². The number of aliphatic hydroxyl groups is 5. The van der Waals surface area contributed by atoms with Crippen LogP contribution in [-0.2, 0) is 0 Å². The van der Waals surface area contributed by atoms with Crippen LogP contribution in [-0.4, -0.2) is 55.5 Å². The maximum absolute atomic E-state index is 11.5. The Balaban J connectivity index is 1.81. The van der Waals surface area contributed by atoms with Crippen LogP contribution in [0.4, 0.5) is 0 Å². The van der Waals surface area contributed by atoms with Crippen LogP contribution in [0.2, 0.25) is 0 Å². The molecule has 5 rings (SSSR count). The van der Waals surface area contributed by atoms with Gasteiger partial charge in [-0.2, -0.15) is 0 Å². The van der Waals surface area contributed by atoms with Gasteiger partial charge in [-0.15, -0.1) is 0 Å². The van der Waals surface area contributed by atoms with Crippen LogP contribution in [0.5, 0.6) is 0 Å². The molecule has 0 aromatic carbocycles. The standard InChI is InChI=1S/C20H30O5/c1-8-11-6-5-10-9(2)15-17(23)18(24)19(3,4)20(15,25)13(21)7-12(10)14(8)16(11)22/h10-18,21-25H,1-2,5-7H2,3-4H3/t10-,11+,12+,13+,14+,15+,16-,17+,18-,20+/m0/s1. The summed E-state index contributed by atoms with van der Waals surface area (Å²) in [6.45, 7) is 11.7. The minimum absolute atomic E-state index is 0.00618. The molecule has 5 fully saturated rings. The Morgan fingerprint density at radius 1 is 0.920 bits per heavy atom. The molecule has 5 N–H and O–H groups in total. The zero-order valence-corrected chi connectivity index (χ0v) is 15.0. The molecular weight excluding hydrogens is 320 g/mol. The van der Waals surface area contributed by atoms with Gasteiger partial charge in [0, 0.05) is 23.2 Å². The van der Waals surface area contributed by atoms with Crippen molar-refractivity contribution in [2.75, 3.05) is 0 Å². The van der Waals surface area contributed by atoms with Crippen LogP contribution in [0.15, 0.2) is 24.3 Å². The fourth-order valence-electron chi connectivity index (χ4n) is 6.61. The molecule has 0 unspecified atom stereocenters. The molecule has 5 aliphatic rings. The zero-order valence-electron chi connectivity index (χ0n) is 15.0. The Kier molecular flexibility index (Phi) is 3.66. The molecule has 0 amide bonds. The molecule has 10 atom stereocenters. The van der Waals surface area contributed by atoms with Crippen molar-refractivity contribution in [1.29, 1.82) is 0 Å². The van der Waals surface area contributed by atoms with Crippen LogP contribution in [0.25, 0.3) is 0 Å². The molecule has 0 heterocycles. The third-order valence-corrected chi connectivity index (χ3v) is 8.24. The van der Waals surface area contributed by atoms with Crippen molar-refractivity contribution in [3.05, 3.63) is 24.3 Å². The largest absolute Gasteiger partial charge is 0.392 e. The predicted octanol–water partition coefficient (Wildman–Crippen LogP) is 0.605. The Hall–Kier alpha value is -0.720. The van der Waals surface area contributed by atoms with E-state index in [-0.39, 0.29) is 23.7 Å². The smallest absolute Gasteiger partial charge is 0.107 e. The van der Waals surface area contributed by atoms with E-state index in [4.69, 9.17) is 0 Å². The van der Waals surface area contributed by atoms with Gasteiger partial charge in [0.2, 0.25) is 0 Å². The first-order chi connectivity index (χ1) is 11.5. The lowest BCUT2D eigenvalue weighted by molar-refractivity contribution is -0.168. The molecule has 5 saturated carbocycles. The zero-order chi connectivity index (χ0) is 18.5. The van der Waals surface area contributed by atoms with Crippen molar-refractivity contribution >= 4 is 0 Å². The summed E-state index contributed by atoms with van der Waals surface area (Å²) in [4.78, 5) is 0. The van der Waals surface area contributed by atoms with Gasteiger partial charge in [0.25, 0.3) is 0 Å². The Bertz CT molecular complexity index is 628. The molecule has 2 bridgehead atoms. The molecule has 0 aromatic rings. The van der Waals surface area contributed by atoms with Gasteiger partial charge in [0.15, 0.2) is 0 Å². The van der Waals surface area contributed by atoms with Gasteiger partial charge in [-0.05, 0) is 31.1 Å². The maximum Gasteiger partial charge on any atom is 0.107 e. The van der Waals surface area contributed by atoms with E-state index in [0.29, 0.717) is 12.0 Å². The van der Waals surface area contributed by atoms with Crippen LogP contribution in [0.3, 0.4) is 0 Å². The van der Waals surface area contributed by atoms with Gasteiger partial charge in [-0.25, -0.2) is 0 Å². The lowest BCUT2D eigenvalue weighted by atomic mass is 9.61. The van der Waals surface area contributed by atoms with Crippen LogP contribution in [0.1, 0.15) is 33.1 Å². The second-order valence-corrected chi connectivity index (χ2v) is 9.33. The van der Waals surface area contributed by atoms with E-state index in [9.17, 15) is 25.5 Å². The first kappa shape index (κ1) is 17.7. The summed E-state index contributed by atoms with van der Waals surface area (Å²) in [5, 5.41) is 54.3. The lowest BCUT2D eigenvalue weighted by Gasteiger charge is -2.47. The number of hydrogen-bond donors (Lipinski definition) is 5. The molecule has 0 spiro atoms. The molecule has 0 aromatic heterocycles. The van der Waals surface area contributed by atoms with Crippen molar-refractivity contribution < 1.29 is 25.5 Å². The fourth-order valence-corrected chi connectivity index (χ4v) is 6.61. The summed E-state index contributed by atoms with van der Waals surface area (Å²) in [5.41, 5.74) is -0.974. The third kappa shape index (κ3) is 1.86. The second kappa shape index (κ2) is 5.17. The van der Waals surface area contributed by atoms with Crippen molar-refractivity contribution in [3.8, 4) is 0 Å². The normalized spacial score (nSPS) is 57.2. The van der Waals surface area contributed by atoms with Crippen LogP contribution < -0.4 is 0 Å². The lowest BCUT2D eigenvalue weighted by Crippen LogP contribution is -2.57. The van der Waals surface area contributed by atoms with Crippen molar-refractivity contribution in [2.45, 2.75) is 63.1 Å². The SMILES string of the molecule is C=C1[C@H]2[C@@H](O)[C@@H]1CC[C@H]1C(=C)[C@@H]3[C@@H](O)[C@H](O)C(C)(C)[C@@]3(O)[C@H](O)C[C@@H]21. The first-order valence-electron chi connectivity index (χ1n) is 9.37. The summed E-state index contributed by atoms with van der Waals surface area (Å²) in [6, 6.07) is 0. The van der Waals surface area contributed by atoms with Crippen LogP contribution >= 0.6 is 0 Å². The van der Waals surface area contributed by atoms with E-state index >= 15 is 0 Å². The summed E-state index contributed by atoms with van der Waals surface area (Å²) >= 11 is 0. The van der Waals surface area contributed by atoms with Crippen molar-refractivity contribution in [1.82, 2.24) is 0 Å². The molecule has 5 nitrogen and oxygen atoms in total. The van der Waals surface area contributed by atoms with E-state index in [1.54, 1.807) is 13.8 Å². The van der Waals surface area contributed by atoms with Crippen molar-refractivity contribution in [2.24, 2.45) is 35.0 Å². The second-order valence-electron chi connectivity index (χ2n) is 9.33. The van der Waals surface area contributed by atoms with Gasteiger partial charge in [-0.3, -0.25) is 0 Å². The average Bonchev–Trinajstić information content (AvgIpc) is 2.74. The minimum atomic E-state index is -1.65. The predicted molar refractivity (Wildman–Crippen MR) is 92.3 cm³/mol. The van der Waals surface area contributed by atoms with Gasteiger partial charge < -0.3 is 25.5 Å². The molecule has 140 valence electrons. The van der Waals surface area contributed by atoms with Gasteiger partial charge >= 0.3 is 0 Å². The topological polar surface area (TPSA) is 101 Å². The van der Waals surface area contributed by atoms with Gasteiger partial charge in [0.1, 0.15) is 5.60 Å². The number of aliphatic hydroxyl groups excluding tert-OH is 4. The van der Waals surface area contributed by atoms with Crippen LogP contribution in [0, 0.1) is 35.0 Å². The monoisotopic (exact) mass is 350 g/mol. The van der Waals surface area contributed by atoms with E-state index in [1.807, 2.05) is 0 Å². The quantitative estimate of drug-likeness (QED) is 0.412. The number of rotatable bonds is 0. The molecule has 0 saturated heterocycles. The highest BCUT2D eigenvalue weighted by Gasteiger charge is 2.70. The highest BCUT2D eigenvalue weighted by molar-refractivity contribution is 5.33. The Morgan fingerprint density at radius 2 is 1.52 bits per heavy atom. The molecule has 0 radical (unpaired) electrons. The summed E-state index contributed by atoms with van der Waals surface area (Å²) in [7, 11) is 0. The van der Waals surface area contributed by atoms with E-state index in [2.05, 4.69) is 13.2 Å². The molecular formula is C20H30O5. The highest BCUT2D eigenvalue weighted by Crippen LogP contribution is 2.63. The molecule has 25 heavy (non-hydrogen) atoms. The third-order valence-electron chi connectivity index (χ3n) is 8.24. The first-order valence-corrected chi connectivity index (χ1v) is 9.37. The van der Waals surface area contributed by atoms with Gasteiger partial charge in [0.05, 0.1) is 24.4 Å². The minimum Gasteiger partial charge on any atom is -0.392 e. The fraction of sp³-hybridized carbons (Fsp3) is 0.800. The molecule has 5 heteroatoms. The number of hydrogen-bond acceptors (Lipinski definition) is 5. The maximum atomic E-state index is 11.5. The molecule has 5 aliphatic carbocycles. The number of fused-ring (bicyclic) bond motifs is 2. The van der Waals surface area contributed by atoms with E-state index in [0.717, 1.165) is 18.4 Å². The highest BCUT2D eigenvalue weighted by atomic mass is 16.4. The summed E-state index contributed by atoms with van der Waals surface area (Å²) in [6.07, 6.45) is -1.93. The average molecular weight is 350 g/mol. The van der Waals surface area contributed by atoms with Gasteiger partial charge in [-0.1, -0.05) is 38.2 Å². The van der Waals surface area contributed by atoms with Crippen molar-refractivity contribution in [3.63, 3.8) is 0 Å². The van der Waals surface area contributed by atoms with E-state index < -0.39 is 41.3 Å². The Morgan fingerprint density at radius 3 is 2.12 bits per heavy atom. The summed E-state index contributed by atoms with van der Waals surface area (Å²) < 4.78 is 0. The molecule has 0 aliphatic heterocycles. The Labute approximate surface area is 148 Å². The summed E-state index contributed by atoms with van der Waals surface area (Å²) in [5.74, 6) is -0.803.